The molecule has 0 heterocycles. The number of ether oxygens (including phenoxy) is 1. The summed E-state index contributed by atoms with van der Waals surface area (Å²) in [6.07, 6.45) is 0.850. The Bertz CT molecular complexity index is 1300. The predicted octanol–water partition coefficient (Wildman–Crippen LogP) is 1.64. The molecular weight excluding hydrogens is 509 g/mol. The summed E-state index contributed by atoms with van der Waals surface area (Å²) in [5, 5.41) is 34.0. The largest absolute Gasteiger partial charge is 0.508 e. The SMILES string of the molecule is CCCN(CC)Cc1cc(OC)c2c(c1F)C[C@H]1C[C@H]3[C@H](N(C)C)C(=O)C(C(N)=O)=C(O)[C@@]3(O)C(=O)C1=C2O. The van der Waals surface area contributed by atoms with E-state index in [1.807, 2.05) is 13.8 Å². The number of fused-ring (bicyclic) bond motifs is 3. The average Bonchev–Trinajstić information content (AvgIpc) is 2.87. The number of methoxy groups -OCH3 is 1. The number of nitrogens with zero attached hydrogens (tertiary/aromatic N) is 2. The molecule has 0 aliphatic heterocycles. The van der Waals surface area contributed by atoms with Crippen LogP contribution < -0.4 is 10.5 Å². The molecule has 4 rings (SSSR count). The van der Waals surface area contributed by atoms with E-state index in [0.717, 1.165) is 13.0 Å². The molecule has 0 radical (unpaired) electrons. The number of likely N-dealkylation sites (N-methyl/N-ethyl adjacent to an activating group) is 1. The Morgan fingerprint density at radius 2 is 1.92 bits per heavy atom. The highest BCUT2D eigenvalue weighted by Gasteiger charge is 2.64. The average molecular weight is 546 g/mol. The van der Waals surface area contributed by atoms with Crippen LogP contribution in [0.3, 0.4) is 0 Å². The topological polar surface area (TPSA) is 154 Å². The molecule has 0 saturated heterocycles. The van der Waals surface area contributed by atoms with Crippen LogP contribution in [0, 0.1) is 17.7 Å². The Morgan fingerprint density at radius 1 is 1.26 bits per heavy atom. The Labute approximate surface area is 226 Å². The number of primary amides is 1. The zero-order valence-corrected chi connectivity index (χ0v) is 22.9. The second-order valence-electron chi connectivity index (χ2n) is 10.7. The first-order chi connectivity index (χ1) is 18.3. The number of aliphatic hydroxyl groups excluding tert-OH is 2. The molecule has 39 heavy (non-hydrogen) atoms. The van der Waals surface area contributed by atoms with E-state index in [9.17, 15) is 29.7 Å². The van der Waals surface area contributed by atoms with Crippen LogP contribution in [-0.4, -0.2) is 88.5 Å². The zero-order valence-electron chi connectivity index (χ0n) is 22.9. The first-order valence-corrected chi connectivity index (χ1v) is 13.1. The summed E-state index contributed by atoms with van der Waals surface area (Å²) in [6.45, 7) is 5.83. The molecule has 0 bridgehead atoms. The maximum atomic E-state index is 16.0. The van der Waals surface area contributed by atoms with Crippen LogP contribution in [0.2, 0.25) is 0 Å². The van der Waals surface area contributed by atoms with Crippen LogP contribution in [0.5, 0.6) is 5.75 Å². The number of nitrogens with two attached hydrogens (primary N) is 1. The molecule has 0 spiro atoms. The zero-order chi connectivity index (χ0) is 29.0. The fourth-order valence-electron chi connectivity index (χ4n) is 6.51. The molecule has 0 aromatic heterocycles. The highest BCUT2D eigenvalue weighted by molar-refractivity contribution is 6.24. The smallest absolute Gasteiger partial charge is 0.255 e. The number of halogens is 1. The van der Waals surface area contributed by atoms with Gasteiger partial charge in [0.25, 0.3) is 5.91 Å². The monoisotopic (exact) mass is 545 g/mol. The maximum Gasteiger partial charge on any atom is 0.255 e. The van der Waals surface area contributed by atoms with E-state index in [2.05, 4.69) is 4.90 Å². The van der Waals surface area contributed by atoms with Crippen molar-refractivity contribution in [1.82, 2.24) is 9.80 Å². The number of hydrogen-bond donors (Lipinski definition) is 4. The number of aliphatic hydroxyl groups is 3. The number of amides is 1. The molecule has 3 aliphatic carbocycles. The minimum absolute atomic E-state index is 0.00444. The van der Waals surface area contributed by atoms with Crippen molar-refractivity contribution < 1.29 is 38.8 Å². The molecule has 4 atom stereocenters. The van der Waals surface area contributed by atoms with E-state index in [-0.39, 0.29) is 35.3 Å². The van der Waals surface area contributed by atoms with Crippen LogP contribution >= 0.6 is 0 Å². The van der Waals surface area contributed by atoms with Gasteiger partial charge in [0.05, 0.1) is 18.7 Å². The number of benzene rings is 1. The van der Waals surface area contributed by atoms with Gasteiger partial charge in [-0.15, -0.1) is 0 Å². The molecule has 212 valence electrons. The van der Waals surface area contributed by atoms with Gasteiger partial charge in [-0.3, -0.25) is 24.2 Å². The van der Waals surface area contributed by atoms with Crippen molar-refractivity contribution in [2.45, 2.75) is 51.3 Å². The van der Waals surface area contributed by atoms with Crippen LogP contribution in [0.25, 0.3) is 5.76 Å². The van der Waals surface area contributed by atoms with Crippen molar-refractivity contribution in [3.05, 3.63) is 45.5 Å². The van der Waals surface area contributed by atoms with Crippen molar-refractivity contribution in [2.24, 2.45) is 17.6 Å². The normalized spacial score (nSPS) is 26.6. The Balaban J connectivity index is 1.91. The molecule has 5 N–H and O–H groups in total. The Hall–Kier alpha value is -3.28. The van der Waals surface area contributed by atoms with E-state index in [4.69, 9.17) is 10.5 Å². The predicted molar refractivity (Wildman–Crippen MR) is 140 cm³/mol. The third kappa shape index (κ3) is 4.23. The molecule has 11 heteroatoms. The number of carbonyl (C=O) groups excluding carboxylic acids is 3. The molecule has 3 aliphatic rings. The van der Waals surface area contributed by atoms with Gasteiger partial charge in [-0.2, -0.15) is 0 Å². The summed E-state index contributed by atoms with van der Waals surface area (Å²) in [4.78, 5) is 42.7. The summed E-state index contributed by atoms with van der Waals surface area (Å²) in [5.74, 6) is -7.12. The number of carbonyl (C=O) groups is 3. The van der Waals surface area contributed by atoms with Crippen molar-refractivity contribution in [2.75, 3.05) is 34.3 Å². The van der Waals surface area contributed by atoms with E-state index in [1.165, 1.54) is 18.1 Å². The molecule has 1 aromatic rings. The fourth-order valence-corrected chi connectivity index (χ4v) is 6.51. The van der Waals surface area contributed by atoms with Crippen LogP contribution in [0.1, 0.15) is 43.4 Å². The Morgan fingerprint density at radius 3 is 2.46 bits per heavy atom. The summed E-state index contributed by atoms with van der Waals surface area (Å²) in [5.41, 5.74) is 2.18. The maximum absolute atomic E-state index is 16.0. The Kier molecular flexibility index (Phi) is 7.63. The van der Waals surface area contributed by atoms with E-state index >= 15 is 4.39 Å². The molecule has 10 nitrogen and oxygen atoms in total. The van der Waals surface area contributed by atoms with Crippen molar-refractivity contribution in [3.8, 4) is 5.75 Å². The second kappa shape index (κ2) is 10.4. The second-order valence-corrected chi connectivity index (χ2v) is 10.7. The van der Waals surface area contributed by atoms with Crippen LogP contribution in [-0.2, 0) is 27.3 Å². The van der Waals surface area contributed by atoms with E-state index < -0.39 is 63.9 Å². The summed E-state index contributed by atoms with van der Waals surface area (Å²) in [7, 11) is 4.46. The lowest BCUT2D eigenvalue weighted by atomic mass is 9.57. The number of hydrogen-bond acceptors (Lipinski definition) is 9. The number of rotatable bonds is 8. The first-order valence-electron chi connectivity index (χ1n) is 13.1. The molecule has 1 aromatic carbocycles. The molecule has 1 saturated carbocycles. The molecular formula is C28H36FN3O7. The van der Waals surface area contributed by atoms with E-state index in [0.29, 0.717) is 18.7 Å². The third-order valence-corrected chi connectivity index (χ3v) is 8.31. The summed E-state index contributed by atoms with van der Waals surface area (Å²) in [6, 6.07) is 0.332. The van der Waals surface area contributed by atoms with Gasteiger partial charge in [0.2, 0.25) is 5.78 Å². The van der Waals surface area contributed by atoms with Gasteiger partial charge in [-0.1, -0.05) is 13.8 Å². The number of ketones is 2. The first kappa shape index (κ1) is 28.7. The number of Topliss-reactive ketones (excluding diaryl/α,β-unsaturated/α-hetero) is 2. The fraction of sp³-hybridized carbons (Fsp3) is 0.536. The van der Waals surface area contributed by atoms with Crippen LogP contribution in [0.15, 0.2) is 23.0 Å². The summed E-state index contributed by atoms with van der Waals surface area (Å²) < 4.78 is 21.5. The van der Waals surface area contributed by atoms with Gasteiger partial charge in [-0.05, 0) is 58.4 Å². The highest BCUT2D eigenvalue weighted by atomic mass is 19.1. The summed E-state index contributed by atoms with van der Waals surface area (Å²) >= 11 is 0. The van der Waals surface area contributed by atoms with E-state index in [1.54, 1.807) is 14.1 Å². The van der Waals surface area contributed by atoms with Crippen LogP contribution in [0.4, 0.5) is 4.39 Å². The van der Waals surface area contributed by atoms with Gasteiger partial charge < -0.3 is 25.8 Å². The third-order valence-electron chi connectivity index (χ3n) is 8.31. The van der Waals surface area contributed by atoms with Crippen molar-refractivity contribution in [3.63, 3.8) is 0 Å². The minimum Gasteiger partial charge on any atom is -0.508 e. The highest BCUT2D eigenvalue weighted by Crippen LogP contribution is 2.53. The van der Waals surface area contributed by atoms with Gasteiger partial charge >= 0.3 is 0 Å². The van der Waals surface area contributed by atoms with Gasteiger partial charge in [0.15, 0.2) is 11.4 Å². The molecule has 1 amide bonds. The van der Waals surface area contributed by atoms with Gasteiger partial charge in [0.1, 0.15) is 28.7 Å². The minimum atomic E-state index is -2.68. The quantitative estimate of drug-likeness (QED) is 0.357. The lowest BCUT2D eigenvalue weighted by molar-refractivity contribution is -0.153. The molecule has 1 fully saturated rings. The lowest BCUT2D eigenvalue weighted by Crippen LogP contribution is -2.65. The standard InChI is InChI=1S/C28H36FN3O7/c1-6-8-32(7-2)12-14-11-17(39-5)19-15(21(14)29)9-13-10-16-22(31(3)4)24(34)20(27(30)37)26(36)28(16,38)25(35)18(13)23(19)33/h11,13,16,22,33,36,38H,6-10,12H2,1-5H3,(H2,30,37)/t13-,16-,22-,28-/m0/s1. The van der Waals surface area contributed by atoms with Crippen molar-refractivity contribution >= 4 is 23.2 Å². The lowest BCUT2D eigenvalue weighted by Gasteiger charge is -2.50. The van der Waals surface area contributed by atoms with Gasteiger partial charge in [0, 0.05) is 29.2 Å². The van der Waals surface area contributed by atoms with Gasteiger partial charge in [-0.25, -0.2) is 4.39 Å². The van der Waals surface area contributed by atoms with Crippen molar-refractivity contribution in [1.29, 1.82) is 0 Å². The molecule has 0 unspecified atom stereocenters.